The Balaban J connectivity index is 2.40. The molecule has 2 rings (SSSR count). The molecule has 0 bridgehead atoms. The second-order valence-electron chi connectivity index (χ2n) is 4.30. The van der Waals surface area contributed by atoms with Crippen molar-refractivity contribution in [3.8, 4) is 0 Å². The van der Waals surface area contributed by atoms with Crippen LogP contribution in [0.15, 0.2) is 40.1 Å². The fourth-order valence-electron chi connectivity index (χ4n) is 2.01. The number of hydrogen-bond acceptors (Lipinski definition) is 6. The maximum atomic E-state index is 11.6. The van der Waals surface area contributed by atoms with E-state index in [2.05, 4.69) is 25.9 Å². The van der Waals surface area contributed by atoms with Crippen LogP contribution in [0.1, 0.15) is 17.3 Å². The Labute approximate surface area is 142 Å². The fraction of sp³-hybridized carbons (Fsp3) is 0.267. The minimum absolute atomic E-state index is 0.359. The van der Waals surface area contributed by atoms with Crippen LogP contribution in [0.3, 0.4) is 0 Å². The Kier molecular flexibility index (Phi) is 5.79. The predicted molar refractivity (Wildman–Crippen MR) is 92.0 cm³/mol. The van der Waals surface area contributed by atoms with Gasteiger partial charge in [0.2, 0.25) is 0 Å². The molecule has 1 aromatic carbocycles. The Morgan fingerprint density at radius 1 is 1.41 bits per heavy atom. The maximum Gasteiger partial charge on any atom is 0.337 e. The number of hydrogen-bond donors (Lipinski definition) is 0. The molecule has 7 heteroatoms. The van der Waals surface area contributed by atoms with E-state index in [-0.39, 0.29) is 5.97 Å². The topological polar surface area (TPSA) is 55.3 Å². The molecular formula is C15H16BrN3O2S. The van der Waals surface area contributed by atoms with Crippen molar-refractivity contribution in [2.75, 3.05) is 24.8 Å². The number of carbonyl (C=O) groups excluding carboxylic acids is 1. The average Bonchev–Trinajstić information content (AvgIpc) is 2.56. The minimum Gasteiger partial charge on any atom is -0.465 e. The van der Waals surface area contributed by atoms with Gasteiger partial charge in [0.25, 0.3) is 0 Å². The number of thioether (sulfide) groups is 1. The lowest BCUT2D eigenvalue weighted by atomic mass is 10.2. The van der Waals surface area contributed by atoms with Gasteiger partial charge in [-0.25, -0.2) is 14.8 Å². The first-order valence-electron chi connectivity index (χ1n) is 6.63. The molecule has 0 aliphatic rings. The quantitative estimate of drug-likeness (QED) is 0.444. The van der Waals surface area contributed by atoms with Gasteiger partial charge >= 0.3 is 5.97 Å². The molecule has 2 aromatic rings. The zero-order chi connectivity index (χ0) is 16.1. The van der Waals surface area contributed by atoms with Crippen LogP contribution in [0.4, 0.5) is 11.5 Å². The first-order chi connectivity index (χ1) is 10.6. The molecule has 1 aromatic heterocycles. The fourth-order valence-corrected chi connectivity index (χ4v) is 2.95. The number of anilines is 2. The van der Waals surface area contributed by atoms with Crippen molar-refractivity contribution in [1.29, 1.82) is 0 Å². The molecule has 0 saturated heterocycles. The summed E-state index contributed by atoms with van der Waals surface area (Å²) in [6.45, 7) is 2.78. The SMILES string of the molecule is CCN(c1ccnc(SC)n1)c1ccc(C(=O)OC)cc1Br. The highest BCUT2D eigenvalue weighted by atomic mass is 79.9. The van der Waals surface area contributed by atoms with Crippen molar-refractivity contribution in [3.05, 3.63) is 40.5 Å². The molecule has 0 amide bonds. The van der Waals surface area contributed by atoms with Gasteiger partial charge in [-0.3, -0.25) is 0 Å². The molecule has 0 fully saturated rings. The van der Waals surface area contributed by atoms with E-state index in [1.807, 2.05) is 30.2 Å². The third-order valence-corrected chi connectivity index (χ3v) is 4.25. The van der Waals surface area contributed by atoms with Crippen molar-refractivity contribution in [2.24, 2.45) is 0 Å². The van der Waals surface area contributed by atoms with Gasteiger partial charge < -0.3 is 9.64 Å². The van der Waals surface area contributed by atoms with E-state index in [1.54, 1.807) is 18.3 Å². The summed E-state index contributed by atoms with van der Waals surface area (Å²) in [5, 5.41) is 0.721. The van der Waals surface area contributed by atoms with E-state index in [1.165, 1.54) is 18.9 Å². The Morgan fingerprint density at radius 3 is 2.77 bits per heavy atom. The van der Waals surface area contributed by atoms with Crippen LogP contribution in [-0.2, 0) is 4.74 Å². The molecule has 5 nitrogen and oxygen atoms in total. The second kappa shape index (κ2) is 7.60. The van der Waals surface area contributed by atoms with Crippen LogP contribution in [0.25, 0.3) is 0 Å². The second-order valence-corrected chi connectivity index (χ2v) is 5.93. The summed E-state index contributed by atoms with van der Waals surface area (Å²) < 4.78 is 5.54. The van der Waals surface area contributed by atoms with Gasteiger partial charge in [-0.05, 0) is 53.4 Å². The normalized spacial score (nSPS) is 10.4. The van der Waals surface area contributed by atoms with Crippen LogP contribution in [0.2, 0.25) is 0 Å². The molecule has 0 atom stereocenters. The van der Waals surface area contributed by atoms with Gasteiger partial charge in [0.15, 0.2) is 5.16 Å². The summed E-state index contributed by atoms with van der Waals surface area (Å²) in [6, 6.07) is 7.23. The highest BCUT2D eigenvalue weighted by molar-refractivity contribution is 9.10. The van der Waals surface area contributed by atoms with E-state index >= 15 is 0 Å². The standard InChI is InChI=1S/C15H16BrN3O2S/c1-4-19(13-7-8-17-15(18-13)22-3)12-6-5-10(9-11(12)16)14(20)21-2/h5-9H,4H2,1-3H3. The van der Waals surface area contributed by atoms with Crippen LogP contribution >= 0.6 is 27.7 Å². The van der Waals surface area contributed by atoms with Crippen LogP contribution in [-0.4, -0.2) is 35.8 Å². The molecule has 0 N–H and O–H groups in total. The first kappa shape index (κ1) is 16.8. The summed E-state index contributed by atoms with van der Waals surface area (Å²) in [6.07, 6.45) is 3.68. The van der Waals surface area contributed by atoms with Gasteiger partial charge in [-0.15, -0.1) is 0 Å². The number of carbonyl (C=O) groups is 1. The average molecular weight is 382 g/mol. The van der Waals surface area contributed by atoms with E-state index in [0.717, 1.165) is 27.7 Å². The van der Waals surface area contributed by atoms with Gasteiger partial charge in [0, 0.05) is 17.2 Å². The minimum atomic E-state index is -0.359. The predicted octanol–water partition coefficient (Wildman–Crippen LogP) is 3.91. The molecule has 0 spiro atoms. The number of aromatic nitrogens is 2. The van der Waals surface area contributed by atoms with Gasteiger partial charge in [0.05, 0.1) is 18.4 Å². The molecule has 116 valence electrons. The lowest BCUT2D eigenvalue weighted by molar-refractivity contribution is 0.0600. The third-order valence-electron chi connectivity index (χ3n) is 3.05. The van der Waals surface area contributed by atoms with Gasteiger partial charge in [-0.2, -0.15) is 0 Å². The number of esters is 1. The monoisotopic (exact) mass is 381 g/mol. The number of rotatable bonds is 5. The van der Waals surface area contributed by atoms with Gasteiger partial charge in [0.1, 0.15) is 5.82 Å². The lowest BCUT2D eigenvalue weighted by Gasteiger charge is -2.23. The summed E-state index contributed by atoms with van der Waals surface area (Å²) in [5.74, 6) is 0.454. The van der Waals surface area contributed by atoms with E-state index in [4.69, 9.17) is 4.74 Å². The molecule has 22 heavy (non-hydrogen) atoms. The van der Waals surface area contributed by atoms with Crippen molar-refractivity contribution >= 4 is 45.2 Å². The molecule has 0 aliphatic carbocycles. The van der Waals surface area contributed by atoms with Crippen molar-refractivity contribution in [1.82, 2.24) is 9.97 Å². The number of benzene rings is 1. The van der Waals surface area contributed by atoms with E-state index < -0.39 is 0 Å². The third kappa shape index (κ3) is 3.59. The Bertz CT molecular complexity index is 682. The highest BCUT2D eigenvalue weighted by Crippen LogP contribution is 2.32. The largest absolute Gasteiger partial charge is 0.465 e. The van der Waals surface area contributed by atoms with Crippen LogP contribution < -0.4 is 4.90 Å². The summed E-state index contributed by atoms with van der Waals surface area (Å²) in [7, 11) is 1.37. The molecule has 0 aliphatic heterocycles. The summed E-state index contributed by atoms with van der Waals surface area (Å²) >= 11 is 5.02. The molecule has 0 saturated carbocycles. The van der Waals surface area contributed by atoms with Crippen LogP contribution in [0.5, 0.6) is 0 Å². The Hall–Kier alpha value is -1.60. The molecule has 1 heterocycles. The lowest BCUT2D eigenvalue weighted by Crippen LogP contribution is -2.18. The zero-order valence-electron chi connectivity index (χ0n) is 12.5. The molecule has 0 unspecified atom stereocenters. The maximum absolute atomic E-state index is 11.6. The molecular weight excluding hydrogens is 366 g/mol. The summed E-state index contributed by atoms with van der Waals surface area (Å²) in [4.78, 5) is 22.3. The van der Waals surface area contributed by atoms with E-state index in [9.17, 15) is 4.79 Å². The number of ether oxygens (including phenoxy) is 1. The number of methoxy groups -OCH3 is 1. The van der Waals surface area contributed by atoms with Crippen molar-refractivity contribution < 1.29 is 9.53 Å². The number of nitrogens with zero attached hydrogens (tertiary/aromatic N) is 3. The first-order valence-corrected chi connectivity index (χ1v) is 8.65. The van der Waals surface area contributed by atoms with E-state index in [0.29, 0.717) is 5.56 Å². The number of halogens is 1. The smallest absolute Gasteiger partial charge is 0.337 e. The summed E-state index contributed by atoms with van der Waals surface area (Å²) in [5.41, 5.74) is 1.43. The van der Waals surface area contributed by atoms with Crippen LogP contribution in [0, 0.1) is 0 Å². The molecule has 0 radical (unpaired) electrons. The van der Waals surface area contributed by atoms with Gasteiger partial charge in [-0.1, -0.05) is 11.8 Å². The van der Waals surface area contributed by atoms with Crippen molar-refractivity contribution in [2.45, 2.75) is 12.1 Å². The highest BCUT2D eigenvalue weighted by Gasteiger charge is 2.15. The zero-order valence-corrected chi connectivity index (χ0v) is 14.9. The Morgan fingerprint density at radius 2 is 2.18 bits per heavy atom. The van der Waals surface area contributed by atoms with Crippen molar-refractivity contribution in [3.63, 3.8) is 0 Å².